The highest BCUT2D eigenvalue weighted by atomic mass is 16.6. The number of hydrogen-bond acceptors (Lipinski definition) is 5. The van der Waals surface area contributed by atoms with Crippen molar-refractivity contribution >= 4 is 17.9 Å². The summed E-state index contributed by atoms with van der Waals surface area (Å²) in [5.74, 6) is 1.09. The van der Waals surface area contributed by atoms with Crippen LogP contribution in [0, 0.1) is 0 Å². The summed E-state index contributed by atoms with van der Waals surface area (Å²) in [6.45, 7) is 9.33. The number of nitrogens with zero attached hydrogens (tertiary/aromatic N) is 1. The fourth-order valence-corrected chi connectivity index (χ4v) is 3.54. The van der Waals surface area contributed by atoms with Gasteiger partial charge in [0.15, 0.2) is 17.2 Å². The SMILES string of the molecule is CCOc1cc(/C=C2/N=C(c3ccc(C(C)(C)C)cc3)OC2=O)ccc1OCc1ccccc1. The summed E-state index contributed by atoms with van der Waals surface area (Å²) in [5.41, 5.74) is 4.11. The summed E-state index contributed by atoms with van der Waals surface area (Å²) in [6, 6.07) is 23.4. The van der Waals surface area contributed by atoms with E-state index in [-0.39, 0.29) is 11.1 Å². The van der Waals surface area contributed by atoms with Gasteiger partial charge in [-0.15, -0.1) is 0 Å². The summed E-state index contributed by atoms with van der Waals surface area (Å²) in [7, 11) is 0. The first-order chi connectivity index (χ1) is 16.3. The molecule has 3 aromatic rings. The van der Waals surface area contributed by atoms with Crippen molar-refractivity contribution in [2.75, 3.05) is 6.61 Å². The van der Waals surface area contributed by atoms with E-state index in [1.54, 1.807) is 6.08 Å². The minimum absolute atomic E-state index is 0.0486. The average Bonchev–Trinajstić information content (AvgIpc) is 3.19. The van der Waals surface area contributed by atoms with E-state index in [1.165, 1.54) is 5.56 Å². The van der Waals surface area contributed by atoms with Crippen molar-refractivity contribution in [1.82, 2.24) is 0 Å². The molecule has 5 heteroatoms. The summed E-state index contributed by atoms with van der Waals surface area (Å²) in [6.07, 6.45) is 1.70. The van der Waals surface area contributed by atoms with Gasteiger partial charge < -0.3 is 14.2 Å². The van der Waals surface area contributed by atoms with Crippen molar-refractivity contribution in [1.29, 1.82) is 0 Å². The zero-order chi connectivity index (χ0) is 24.1. The van der Waals surface area contributed by atoms with Crippen molar-refractivity contribution in [2.45, 2.75) is 39.7 Å². The summed E-state index contributed by atoms with van der Waals surface area (Å²) in [5, 5.41) is 0. The molecule has 1 heterocycles. The monoisotopic (exact) mass is 455 g/mol. The number of rotatable bonds is 7. The number of esters is 1. The Morgan fingerprint density at radius 1 is 0.912 bits per heavy atom. The van der Waals surface area contributed by atoms with Crippen molar-refractivity contribution in [2.24, 2.45) is 4.99 Å². The lowest BCUT2D eigenvalue weighted by Crippen LogP contribution is -2.11. The summed E-state index contributed by atoms with van der Waals surface area (Å²) in [4.78, 5) is 16.9. The van der Waals surface area contributed by atoms with Gasteiger partial charge in [0, 0.05) is 5.56 Å². The Bertz CT molecular complexity index is 1220. The van der Waals surface area contributed by atoms with Crippen LogP contribution < -0.4 is 9.47 Å². The van der Waals surface area contributed by atoms with Crippen LogP contribution in [-0.2, 0) is 21.6 Å². The second-order valence-electron chi connectivity index (χ2n) is 9.08. The molecule has 34 heavy (non-hydrogen) atoms. The van der Waals surface area contributed by atoms with Gasteiger partial charge in [0.25, 0.3) is 0 Å². The number of benzene rings is 3. The standard InChI is InChI=1S/C29H29NO4/c1-5-32-26-18-21(11-16-25(26)33-19-20-9-7-6-8-10-20)17-24-28(31)34-27(30-24)22-12-14-23(15-13-22)29(2,3)4/h6-18H,5,19H2,1-4H3/b24-17+. The number of cyclic esters (lactones) is 1. The number of ether oxygens (including phenoxy) is 3. The molecule has 1 aliphatic heterocycles. The molecule has 1 aliphatic rings. The third-order valence-electron chi connectivity index (χ3n) is 5.43. The van der Waals surface area contributed by atoms with Gasteiger partial charge in [0.1, 0.15) is 6.61 Å². The molecule has 0 spiro atoms. The van der Waals surface area contributed by atoms with E-state index in [1.807, 2.05) is 79.7 Å². The molecule has 0 aromatic heterocycles. The van der Waals surface area contributed by atoms with E-state index in [4.69, 9.17) is 14.2 Å². The van der Waals surface area contributed by atoms with Gasteiger partial charge in [-0.1, -0.05) is 69.3 Å². The molecule has 0 aliphatic carbocycles. The number of hydrogen-bond donors (Lipinski definition) is 0. The van der Waals surface area contributed by atoms with E-state index in [2.05, 4.69) is 25.8 Å². The van der Waals surface area contributed by atoms with Crippen molar-refractivity contribution in [3.63, 3.8) is 0 Å². The molecule has 0 saturated heterocycles. The first-order valence-electron chi connectivity index (χ1n) is 11.4. The Balaban J connectivity index is 1.54. The van der Waals surface area contributed by atoms with E-state index in [0.717, 1.165) is 16.7 Å². The topological polar surface area (TPSA) is 57.1 Å². The molecular formula is C29H29NO4. The highest BCUT2D eigenvalue weighted by molar-refractivity contribution is 6.12. The van der Waals surface area contributed by atoms with Crippen LogP contribution in [0.15, 0.2) is 83.5 Å². The van der Waals surface area contributed by atoms with Crippen molar-refractivity contribution < 1.29 is 19.0 Å². The van der Waals surface area contributed by atoms with Crippen LogP contribution in [0.4, 0.5) is 0 Å². The molecule has 4 rings (SSSR count). The lowest BCUT2D eigenvalue weighted by Gasteiger charge is -2.18. The summed E-state index contributed by atoms with van der Waals surface area (Å²) >= 11 is 0. The average molecular weight is 456 g/mol. The van der Waals surface area contributed by atoms with Crippen LogP contribution >= 0.6 is 0 Å². The van der Waals surface area contributed by atoms with Crippen molar-refractivity contribution in [3.8, 4) is 11.5 Å². The molecule has 174 valence electrons. The Morgan fingerprint density at radius 3 is 2.32 bits per heavy atom. The molecule has 0 amide bonds. The smallest absolute Gasteiger partial charge is 0.363 e. The van der Waals surface area contributed by atoms with Crippen LogP contribution in [0.25, 0.3) is 6.08 Å². The largest absolute Gasteiger partial charge is 0.490 e. The maximum absolute atomic E-state index is 12.5. The Morgan fingerprint density at radius 2 is 1.65 bits per heavy atom. The fourth-order valence-electron chi connectivity index (χ4n) is 3.54. The van der Waals surface area contributed by atoms with Gasteiger partial charge in [-0.05, 0) is 59.4 Å². The Labute approximate surface area is 200 Å². The van der Waals surface area contributed by atoms with E-state index >= 15 is 0 Å². The third-order valence-corrected chi connectivity index (χ3v) is 5.43. The predicted octanol–water partition coefficient (Wildman–Crippen LogP) is 6.31. The highest BCUT2D eigenvalue weighted by Crippen LogP contribution is 2.31. The van der Waals surface area contributed by atoms with Crippen LogP contribution in [-0.4, -0.2) is 18.5 Å². The molecule has 5 nitrogen and oxygen atoms in total. The van der Waals surface area contributed by atoms with E-state index in [0.29, 0.717) is 30.6 Å². The molecule has 0 saturated carbocycles. The maximum atomic E-state index is 12.5. The second kappa shape index (κ2) is 9.96. The molecule has 3 aromatic carbocycles. The molecule has 0 N–H and O–H groups in total. The van der Waals surface area contributed by atoms with Gasteiger partial charge in [-0.2, -0.15) is 0 Å². The first kappa shape index (κ1) is 23.3. The molecule has 0 atom stereocenters. The van der Waals surface area contributed by atoms with Crippen LogP contribution in [0.5, 0.6) is 11.5 Å². The first-order valence-corrected chi connectivity index (χ1v) is 11.4. The fraction of sp³-hybridized carbons (Fsp3) is 0.241. The highest BCUT2D eigenvalue weighted by Gasteiger charge is 2.25. The van der Waals surface area contributed by atoms with E-state index in [9.17, 15) is 4.79 Å². The Kier molecular flexibility index (Phi) is 6.82. The van der Waals surface area contributed by atoms with Crippen LogP contribution in [0.1, 0.15) is 49.9 Å². The van der Waals surface area contributed by atoms with Gasteiger partial charge in [0.05, 0.1) is 6.61 Å². The predicted molar refractivity (Wildman–Crippen MR) is 134 cm³/mol. The second-order valence-corrected chi connectivity index (χ2v) is 9.08. The molecule has 0 bridgehead atoms. The molecule has 0 radical (unpaired) electrons. The zero-order valence-electron chi connectivity index (χ0n) is 20.0. The minimum Gasteiger partial charge on any atom is -0.490 e. The normalized spacial score (nSPS) is 14.6. The lowest BCUT2D eigenvalue weighted by atomic mass is 9.87. The van der Waals surface area contributed by atoms with Gasteiger partial charge in [0.2, 0.25) is 5.90 Å². The number of aliphatic imine (C=N–C) groups is 1. The zero-order valence-corrected chi connectivity index (χ0v) is 20.0. The molecule has 0 fully saturated rings. The quantitative estimate of drug-likeness (QED) is 0.310. The molecule has 0 unspecified atom stereocenters. The lowest BCUT2D eigenvalue weighted by molar-refractivity contribution is -0.129. The van der Waals surface area contributed by atoms with Gasteiger partial charge >= 0.3 is 5.97 Å². The van der Waals surface area contributed by atoms with E-state index < -0.39 is 5.97 Å². The maximum Gasteiger partial charge on any atom is 0.363 e. The number of carbonyl (C=O) groups excluding carboxylic acids is 1. The van der Waals surface area contributed by atoms with Gasteiger partial charge in [-0.25, -0.2) is 9.79 Å². The summed E-state index contributed by atoms with van der Waals surface area (Å²) < 4.78 is 17.2. The molecular weight excluding hydrogens is 426 g/mol. The van der Waals surface area contributed by atoms with Gasteiger partial charge in [-0.3, -0.25) is 0 Å². The Hall–Kier alpha value is -3.86. The minimum atomic E-state index is -0.475. The van der Waals surface area contributed by atoms with Crippen LogP contribution in [0.2, 0.25) is 0 Å². The van der Waals surface area contributed by atoms with Crippen LogP contribution in [0.3, 0.4) is 0 Å². The third kappa shape index (κ3) is 5.54. The van der Waals surface area contributed by atoms with Crippen molar-refractivity contribution in [3.05, 3.63) is 101 Å². The number of carbonyl (C=O) groups is 1.